The summed E-state index contributed by atoms with van der Waals surface area (Å²) in [7, 11) is 0. The molecule has 0 amide bonds. The van der Waals surface area contributed by atoms with Gasteiger partial charge in [-0.3, -0.25) is 4.79 Å². The van der Waals surface area contributed by atoms with Crippen LogP contribution in [0, 0.1) is 11.3 Å². The molecule has 0 N–H and O–H groups in total. The third-order valence-corrected chi connectivity index (χ3v) is 3.94. The van der Waals surface area contributed by atoms with Gasteiger partial charge in [0.2, 0.25) is 5.12 Å². The zero-order valence-corrected chi connectivity index (χ0v) is 12.6. The van der Waals surface area contributed by atoms with E-state index in [9.17, 15) is 4.79 Å². The van der Waals surface area contributed by atoms with Gasteiger partial charge in [0.1, 0.15) is 6.42 Å². The minimum absolute atomic E-state index is 0.0217. The fourth-order valence-electron chi connectivity index (χ4n) is 1.89. The second-order valence-electron chi connectivity index (χ2n) is 4.74. The number of nitriles is 1. The first-order valence-electron chi connectivity index (χ1n) is 7.33. The van der Waals surface area contributed by atoms with E-state index in [2.05, 4.69) is 6.92 Å². The van der Waals surface area contributed by atoms with Crippen LogP contribution in [0.15, 0.2) is 0 Å². The van der Waals surface area contributed by atoms with E-state index in [0.29, 0.717) is 0 Å². The lowest BCUT2D eigenvalue weighted by Gasteiger charge is -2.01. The van der Waals surface area contributed by atoms with Crippen LogP contribution < -0.4 is 0 Å². The first-order chi connectivity index (χ1) is 8.81. The molecule has 0 rings (SSSR count). The molecule has 18 heavy (non-hydrogen) atoms. The van der Waals surface area contributed by atoms with Crippen molar-refractivity contribution in [3.8, 4) is 6.07 Å². The molecule has 0 aromatic heterocycles. The van der Waals surface area contributed by atoms with E-state index in [0.717, 1.165) is 12.2 Å². The largest absolute Gasteiger partial charge is 0.286 e. The fourth-order valence-corrected chi connectivity index (χ4v) is 2.63. The van der Waals surface area contributed by atoms with E-state index >= 15 is 0 Å². The molecule has 0 aliphatic rings. The van der Waals surface area contributed by atoms with E-state index in [1.165, 1.54) is 69.5 Å². The Kier molecular flexibility index (Phi) is 14.2. The average Bonchev–Trinajstić information content (AvgIpc) is 2.36. The Morgan fingerprint density at radius 3 is 1.94 bits per heavy atom. The molecule has 0 bridgehead atoms. The highest BCUT2D eigenvalue weighted by molar-refractivity contribution is 8.13. The highest BCUT2D eigenvalue weighted by Crippen LogP contribution is 2.13. The van der Waals surface area contributed by atoms with E-state index in [-0.39, 0.29) is 11.5 Å². The van der Waals surface area contributed by atoms with E-state index < -0.39 is 0 Å². The molecule has 0 radical (unpaired) electrons. The molecule has 0 saturated carbocycles. The van der Waals surface area contributed by atoms with Gasteiger partial charge in [0.15, 0.2) is 0 Å². The summed E-state index contributed by atoms with van der Waals surface area (Å²) in [6.45, 7) is 2.25. The van der Waals surface area contributed by atoms with Gasteiger partial charge in [-0.05, 0) is 6.42 Å². The minimum atomic E-state index is 0.0217. The van der Waals surface area contributed by atoms with Crippen LogP contribution in [0.2, 0.25) is 0 Å². The Hall–Kier alpha value is -0.490. The number of rotatable bonds is 12. The van der Waals surface area contributed by atoms with E-state index in [1.807, 2.05) is 6.07 Å². The van der Waals surface area contributed by atoms with Gasteiger partial charge < -0.3 is 0 Å². The molecule has 0 aliphatic heterocycles. The van der Waals surface area contributed by atoms with Crippen molar-refractivity contribution in [1.29, 1.82) is 5.26 Å². The van der Waals surface area contributed by atoms with Crippen LogP contribution in [0.1, 0.15) is 77.6 Å². The smallest absolute Gasteiger partial charge is 0.202 e. The van der Waals surface area contributed by atoms with Crippen molar-refractivity contribution in [3.05, 3.63) is 0 Å². The van der Waals surface area contributed by atoms with Gasteiger partial charge in [-0.2, -0.15) is 5.26 Å². The summed E-state index contributed by atoms with van der Waals surface area (Å²) >= 11 is 1.32. The van der Waals surface area contributed by atoms with Crippen LogP contribution in [0.3, 0.4) is 0 Å². The molecule has 2 nitrogen and oxygen atoms in total. The summed E-state index contributed by atoms with van der Waals surface area (Å²) in [5.41, 5.74) is 0. The summed E-state index contributed by atoms with van der Waals surface area (Å²) in [5, 5.41) is 8.35. The maximum Gasteiger partial charge on any atom is 0.202 e. The molecule has 0 aromatic carbocycles. The topological polar surface area (TPSA) is 40.9 Å². The van der Waals surface area contributed by atoms with Crippen LogP contribution in [0.4, 0.5) is 0 Å². The van der Waals surface area contributed by atoms with Crippen molar-refractivity contribution in [2.24, 2.45) is 0 Å². The van der Waals surface area contributed by atoms with E-state index in [1.54, 1.807) is 0 Å². The van der Waals surface area contributed by atoms with E-state index in [4.69, 9.17) is 5.26 Å². The Morgan fingerprint density at radius 2 is 1.44 bits per heavy atom. The summed E-state index contributed by atoms with van der Waals surface area (Å²) < 4.78 is 0. The summed E-state index contributed by atoms with van der Waals surface area (Å²) in [4.78, 5) is 11.0. The van der Waals surface area contributed by atoms with Gasteiger partial charge in [-0.25, -0.2) is 0 Å². The average molecular weight is 269 g/mol. The summed E-state index contributed by atoms with van der Waals surface area (Å²) in [6, 6.07) is 1.89. The molecule has 0 atom stereocenters. The fraction of sp³-hybridized carbons (Fsp3) is 0.867. The number of carbonyl (C=O) groups is 1. The van der Waals surface area contributed by atoms with Crippen LogP contribution in [-0.4, -0.2) is 10.9 Å². The van der Waals surface area contributed by atoms with Crippen molar-refractivity contribution in [2.45, 2.75) is 77.6 Å². The van der Waals surface area contributed by atoms with Gasteiger partial charge in [0.05, 0.1) is 6.07 Å². The van der Waals surface area contributed by atoms with Crippen molar-refractivity contribution in [2.75, 3.05) is 5.75 Å². The lowest BCUT2D eigenvalue weighted by atomic mass is 10.1. The molecule has 0 aromatic rings. The van der Waals surface area contributed by atoms with Gasteiger partial charge in [0, 0.05) is 5.75 Å². The second-order valence-corrected chi connectivity index (χ2v) is 5.89. The maximum absolute atomic E-state index is 11.0. The van der Waals surface area contributed by atoms with Crippen molar-refractivity contribution < 1.29 is 4.79 Å². The van der Waals surface area contributed by atoms with Gasteiger partial charge in [-0.15, -0.1) is 0 Å². The molecule has 0 aliphatic carbocycles. The molecular weight excluding hydrogens is 242 g/mol. The second kappa shape index (κ2) is 14.6. The molecule has 104 valence electrons. The molecule has 0 heterocycles. The number of carbonyl (C=O) groups excluding carboxylic acids is 1. The normalized spacial score (nSPS) is 10.2. The molecule has 3 heteroatoms. The van der Waals surface area contributed by atoms with Crippen molar-refractivity contribution in [3.63, 3.8) is 0 Å². The van der Waals surface area contributed by atoms with Gasteiger partial charge >= 0.3 is 0 Å². The number of hydrogen-bond acceptors (Lipinski definition) is 3. The summed E-state index contributed by atoms with van der Waals surface area (Å²) in [6.07, 6.45) is 13.3. The summed E-state index contributed by atoms with van der Waals surface area (Å²) in [5.74, 6) is 0.886. The highest BCUT2D eigenvalue weighted by atomic mass is 32.2. The molecule has 0 spiro atoms. The van der Waals surface area contributed by atoms with Gasteiger partial charge in [-0.1, -0.05) is 76.5 Å². The Balaban J connectivity index is 3.03. The first-order valence-corrected chi connectivity index (χ1v) is 8.32. The van der Waals surface area contributed by atoms with Crippen LogP contribution in [0.25, 0.3) is 0 Å². The predicted molar refractivity (Wildman–Crippen MR) is 79.5 cm³/mol. The lowest BCUT2D eigenvalue weighted by molar-refractivity contribution is -0.110. The monoisotopic (exact) mass is 269 g/mol. The zero-order chi connectivity index (χ0) is 13.5. The van der Waals surface area contributed by atoms with Gasteiger partial charge in [0.25, 0.3) is 0 Å². The number of hydrogen-bond donors (Lipinski definition) is 0. The molecular formula is C15H27NOS. The van der Waals surface area contributed by atoms with Crippen molar-refractivity contribution >= 4 is 16.9 Å². The Bertz CT molecular complexity index is 235. The van der Waals surface area contributed by atoms with Crippen LogP contribution in [0.5, 0.6) is 0 Å². The first kappa shape index (κ1) is 17.5. The standard InChI is InChI=1S/C15H27NOS/c1-2-3-4-5-6-7-8-9-10-11-14-18-15(17)12-13-16/h2-12,14H2,1H3. The molecule has 0 unspecified atom stereocenters. The third-order valence-electron chi connectivity index (χ3n) is 2.98. The van der Waals surface area contributed by atoms with Crippen LogP contribution in [-0.2, 0) is 4.79 Å². The molecule has 0 fully saturated rings. The minimum Gasteiger partial charge on any atom is -0.286 e. The number of thioether (sulfide) groups is 1. The SMILES string of the molecule is CCCCCCCCCCCCSC(=O)CC#N. The Morgan fingerprint density at radius 1 is 0.944 bits per heavy atom. The third kappa shape index (κ3) is 13.6. The molecule has 0 saturated heterocycles. The predicted octanol–water partition coefficient (Wildman–Crippen LogP) is 5.08. The quantitative estimate of drug-likeness (QED) is 0.464. The lowest BCUT2D eigenvalue weighted by Crippen LogP contribution is -1.91. The highest BCUT2D eigenvalue weighted by Gasteiger charge is 2.00. The maximum atomic E-state index is 11.0. The van der Waals surface area contributed by atoms with Crippen molar-refractivity contribution in [1.82, 2.24) is 0 Å². The van der Waals surface area contributed by atoms with Crippen LogP contribution >= 0.6 is 11.8 Å². The number of nitrogens with zero attached hydrogens (tertiary/aromatic N) is 1. The zero-order valence-electron chi connectivity index (χ0n) is 11.7. The number of unbranched alkanes of at least 4 members (excludes halogenated alkanes) is 9. The Labute approximate surface area is 117 Å².